The maximum absolute atomic E-state index is 13.0. The van der Waals surface area contributed by atoms with E-state index in [4.69, 9.17) is 5.10 Å². The lowest BCUT2D eigenvalue weighted by molar-refractivity contribution is 0.103. The topological polar surface area (TPSA) is 53.4 Å². The molecular weight excluding hydrogens is 418 g/mol. The molecular formula is C25H33N5OS. The molecule has 7 heteroatoms. The van der Waals surface area contributed by atoms with E-state index in [-0.39, 0.29) is 5.91 Å². The largest absolute Gasteiger partial charge is 0.370 e. The van der Waals surface area contributed by atoms with Crippen LogP contribution in [0.2, 0.25) is 0 Å². The van der Waals surface area contributed by atoms with E-state index in [1.165, 1.54) is 44.2 Å². The fraction of sp³-hybridized carbons (Fsp3) is 0.520. The van der Waals surface area contributed by atoms with Crippen molar-refractivity contribution in [3.8, 4) is 0 Å². The number of carbonyl (C=O) groups excluding carboxylic acids is 1. The second kappa shape index (κ2) is 9.24. The van der Waals surface area contributed by atoms with E-state index in [1.54, 1.807) is 11.3 Å². The van der Waals surface area contributed by atoms with Gasteiger partial charge in [-0.15, -0.1) is 11.3 Å². The van der Waals surface area contributed by atoms with Gasteiger partial charge in [-0.1, -0.05) is 19.3 Å². The minimum atomic E-state index is -0.0371. The molecule has 1 aliphatic carbocycles. The molecule has 1 amide bonds. The van der Waals surface area contributed by atoms with Crippen molar-refractivity contribution in [1.29, 1.82) is 0 Å². The minimum Gasteiger partial charge on any atom is -0.370 e. The molecule has 0 bridgehead atoms. The first-order valence-corrected chi connectivity index (χ1v) is 12.7. The maximum atomic E-state index is 13.0. The predicted octanol–water partition coefficient (Wildman–Crippen LogP) is 5.31. The van der Waals surface area contributed by atoms with Crippen LogP contribution in [-0.4, -0.2) is 53.8 Å². The highest BCUT2D eigenvalue weighted by atomic mass is 32.1. The van der Waals surface area contributed by atoms with Gasteiger partial charge in [-0.05, 0) is 70.1 Å². The summed E-state index contributed by atoms with van der Waals surface area (Å²) in [5, 5.41) is 9.02. The zero-order chi connectivity index (χ0) is 22.1. The van der Waals surface area contributed by atoms with Crippen LogP contribution in [0, 0.1) is 6.92 Å². The van der Waals surface area contributed by atoms with E-state index in [2.05, 4.69) is 45.9 Å². The number of aryl methyl sites for hydroxylation is 1. The summed E-state index contributed by atoms with van der Waals surface area (Å²) in [4.78, 5) is 19.7. The third kappa shape index (κ3) is 4.41. The van der Waals surface area contributed by atoms with Crippen molar-refractivity contribution in [2.75, 3.05) is 43.4 Å². The third-order valence-electron chi connectivity index (χ3n) is 6.92. The highest BCUT2D eigenvalue weighted by molar-refractivity contribution is 7.20. The molecule has 1 aliphatic heterocycles. The van der Waals surface area contributed by atoms with Crippen LogP contribution in [-0.2, 0) is 0 Å². The number of thiophene rings is 1. The summed E-state index contributed by atoms with van der Waals surface area (Å²) in [6, 6.07) is 10.8. The lowest BCUT2D eigenvalue weighted by Crippen LogP contribution is -2.28. The zero-order valence-electron chi connectivity index (χ0n) is 19.1. The molecule has 5 rings (SSSR count). The summed E-state index contributed by atoms with van der Waals surface area (Å²) in [6.07, 6.45) is 7.43. The lowest BCUT2D eigenvalue weighted by atomic mass is 9.96. The van der Waals surface area contributed by atoms with Gasteiger partial charge in [0.05, 0.1) is 16.6 Å². The molecule has 6 nitrogen and oxygen atoms in total. The van der Waals surface area contributed by atoms with E-state index < -0.39 is 0 Å². The molecule has 32 heavy (non-hydrogen) atoms. The average molecular weight is 452 g/mol. The first-order valence-electron chi connectivity index (χ1n) is 11.9. The number of likely N-dealkylation sites (N-methyl/N-ethyl adjacent to an activating group) is 1. The highest BCUT2D eigenvalue weighted by Crippen LogP contribution is 2.35. The van der Waals surface area contributed by atoms with Gasteiger partial charge >= 0.3 is 0 Å². The van der Waals surface area contributed by atoms with Crippen LogP contribution in [0.5, 0.6) is 0 Å². The fourth-order valence-corrected chi connectivity index (χ4v) is 6.14. The van der Waals surface area contributed by atoms with Gasteiger partial charge in [0.1, 0.15) is 4.83 Å². The van der Waals surface area contributed by atoms with Crippen molar-refractivity contribution in [3.05, 3.63) is 40.9 Å². The lowest BCUT2D eigenvalue weighted by Gasteiger charge is -2.23. The maximum Gasteiger partial charge on any atom is 0.265 e. The SMILES string of the molecule is Cc1nn(C2CCCCC2)c2sc(C(=O)Nc3ccc(N4CCCN(C)CC4)cc3)cc12. The van der Waals surface area contributed by atoms with Crippen molar-refractivity contribution in [2.45, 2.75) is 51.5 Å². The van der Waals surface area contributed by atoms with Crippen LogP contribution in [0.1, 0.15) is 59.9 Å². The van der Waals surface area contributed by atoms with Crippen molar-refractivity contribution in [1.82, 2.24) is 14.7 Å². The number of rotatable bonds is 4. The Kier molecular flexibility index (Phi) is 6.20. The number of nitrogens with zero attached hydrogens (tertiary/aromatic N) is 4. The van der Waals surface area contributed by atoms with E-state index in [9.17, 15) is 4.79 Å². The number of nitrogens with one attached hydrogen (secondary N) is 1. The van der Waals surface area contributed by atoms with Crippen LogP contribution in [0.3, 0.4) is 0 Å². The molecule has 170 valence electrons. The molecule has 3 aromatic rings. The average Bonchev–Trinajstić information content (AvgIpc) is 3.30. The van der Waals surface area contributed by atoms with Crippen LogP contribution >= 0.6 is 11.3 Å². The summed E-state index contributed by atoms with van der Waals surface area (Å²) in [5.74, 6) is -0.0371. The Morgan fingerprint density at radius 1 is 1.03 bits per heavy atom. The van der Waals surface area contributed by atoms with Crippen molar-refractivity contribution >= 4 is 38.8 Å². The number of hydrogen-bond acceptors (Lipinski definition) is 5. The Labute approximate surface area is 194 Å². The van der Waals surface area contributed by atoms with Gasteiger partial charge in [0.15, 0.2) is 0 Å². The second-order valence-electron chi connectivity index (χ2n) is 9.30. The van der Waals surface area contributed by atoms with Crippen molar-refractivity contribution in [2.24, 2.45) is 0 Å². The first-order chi connectivity index (χ1) is 15.6. The number of benzene rings is 1. The van der Waals surface area contributed by atoms with Crippen molar-refractivity contribution in [3.63, 3.8) is 0 Å². The van der Waals surface area contributed by atoms with Gasteiger partial charge < -0.3 is 15.1 Å². The highest BCUT2D eigenvalue weighted by Gasteiger charge is 2.22. The number of hydrogen-bond donors (Lipinski definition) is 1. The first kappa shape index (κ1) is 21.5. The standard InChI is InChI=1S/C25H33N5OS/c1-18-22-17-23(32-25(22)30(27-18)21-7-4-3-5-8-21)24(31)26-19-9-11-20(12-10-19)29-14-6-13-28(2)15-16-29/h9-12,17,21H,3-8,13-16H2,1-2H3,(H,26,31). The molecule has 3 heterocycles. The summed E-state index contributed by atoms with van der Waals surface area (Å²) >= 11 is 1.57. The molecule has 0 spiro atoms. The zero-order valence-corrected chi connectivity index (χ0v) is 20.0. The number of aromatic nitrogens is 2. The van der Waals surface area contributed by atoms with Crippen molar-refractivity contribution < 1.29 is 4.79 Å². The summed E-state index contributed by atoms with van der Waals surface area (Å²) in [6.45, 7) is 6.41. The van der Waals surface area contributed by atoms with E-state index in [1.807, 2.05) is 18.2 Å². The number of carbonyl (C=O) groups is 1. The summed E-state index contributed by atoms with van der Waals surface area (Å²) in [5.41, 5.74) is 3.09. The van der Waals surface area contributed by atoms with Gasteiger partial charge in [-0.25, -0.2) is 0 Å². The Morgan fingerprint density at radius 3 is 2.59 bits per heavy atom. The van der Waals surface area contributed by atoms with Crippen LogP contribution in [0.4, 0.5) is 11.4 Å². The molecule has 1 aromatic carbocycles. The van der Waals surface area contributed by atoms with Gasteiger partial charge in [0.2, 0.25) is 0 Å². The Balaban J connectivity index is 1.29. The number of fused-ring (bicyclic) bond motifs is 1. The Hall–Kier alpha value is -2.38. The van der Waals surface area contributed by atoms with E-state index >= 15 is 0 Å². The molecule has 0 unspecified atom stereocenters. The number of amides is 1. The monoisotopic (exact) mass is 451 g/mol. The van der Waals surface area contributed by atoms with Gasteiger partial charge in [-0.3, -0.25) is 9.48 Å². The smallest absolute Gasteiger partial charge is 0.265 e. The normalized spacial score (nSPS) is 18.8. The van der Waals surface area contributed by atoms with Crippen LogP contribution < -0.4 is 10.2 Å². The van der Waals surface area contributed by atoms with E-state index in [0.717, 1.165) is 52.7 Å². The molecule has 2 aliphatic rings. The molecule has 2 fully saturated rings. The molecule has 1 saturated carbocycles. The quantitative estimate of drug-likeness (QED) is 0.584. The number of anilines is 2. The van der Waals surface area contributed by atoms with E-state index in [0.29, 0.717) is 6.04 Å². The Morgan fingerprint density at radius 2 is 1.81 bits per heavy atom. The minimum absolute atomic E-state index is 0.0371. The predicted molar refractivity (Wildman–Crippen MR) is 133 cm³/mol. The summed E-state index contributed by atoms with van der Waals surface area (Å²) in [7, 11) is 2.18. The second-order valence-corrected chi connectivity index (χ2v) is 10.3. The molecule has 1 N–H and O–H groups in total. The third-order valence-corrected chi connectivity index (χ3v) is 8.05. The molecule has 0 atom stereocenters. The van der Waals surface area contributed by atoms with Crippen LogP contribution in [0.25, 0.3) is 10.2 Å². The van der Waals surface area contributed by atoms with Gasteiger partial charge in [0.25, 0.3) is 5.91 Å². The van der Waals surface area contributed by atoms with Crippen LogP contribution in [0.15, 0.2) is 30.3 Å². The Bertz CT molecular complexity index is 1080. The van der Waals surface area contributed by atoms with Gasteiger partial charge in [-0.2, -0.15) is 5.10 Å². The summed E-state index contributed by atoms with van der Waals surface area (Å²) < 4.78 is 2.19. The van der Waals surface area contributed by atoms with Gasteiger partial charge in [0, 0.05) is 36.4 Å². The molecule has 2 aromatic heterocycles. The molecule has 0 radical (unpaired) electrons. The molecule has 1 saturated heterocycles. The fourth-order valence-electron chi connectivity index (χ4n) is 5.01.